The molecule has 3 aromatic carbocycles. The van der Waals surface area contributed by atoms with Gasteiger partial charge in [0, 0.05) is 56.3 Å². The van der Waals surface area contributed by atoms with E-state index in [4.69, 9.17) is 0 Å². The molecular weight excluding hydrogens is 638 g/mol. The first-order valence-corrected chi connectivity index (χ1v) is 16.1. The number of thiophene rings is 1. The second kappa shape index (κ2) is 16.6. The summed E-state index contributed by atoms with van der Waals surface area (Å²) in [6.07, 6.45) is 0.937. The number of para-hydroxylation sites is 1. The first-order valence-electron chi connectivity index (χ1n) is 15.3. The second-order valence-corrected chi connectivity index (χ2v) is 11.8. The summed E-state index contributed by atoms with van der Waals surface area (Å²) in [7, 11) is 5.24. The summed E-state index contributed by atoms with van der Waals surface area (Å²) in [4.78, 5) is 52.5. The standard InChI is InChI=1S/C32H31F2N5O3S.C3H7NO/c1-35-21-14-12-20(13-15-21)29-24(18-37(3)17-16-27(40)36-2)28-30(41)39(22-8-5-4-6-9-22)32(42)38(31(28)43-29)19-23-25(33)10-7-11-26(23)34;1-2-4-3-5/h4-15,35H,16-19H2,1-3H3,(H,36,40);3H,2H2,1H3,(H,4,5). The summed E-state index contributed by atoms with van der Waals surface area (Å²) < 4.78 is 32.1. The summed E-state index contributed by atoms with van der Waals surface area (Å²) in [5.41, 5.74) is 1.21. The lowest BCUT2D eigenvalue weighted by molar-refractivity contribution is -0.120. The number of carbonyl (C=O) groups excluding carboxylic acids is 2. The lowest BCUT2D eigenvalue weighted by atomic mass is 10.1. The van der Waals surface area contributed by atoms with E-state index in [2.05, 4.69) is 16.0 Å². The van der Waals surface area contributed by atoms with Gasteiger partial charge in [0.15, 0.2) is 0 Å². The highest BCUT2D eigenvalue weighted by molar-refractivity contribution is 7.22. The molecule has 13 heteroatoms. The van der Waals surface area contributed by atoms with Crippen LogP contribution in [0.5, 0.6) is 0 Å². The molecule has 0 saturated carbocycles. The van der Waals surface area contributed by atoms with E-state index in [-0.39, 0.29) is 29.8 Å². The summed E-state index contributed by atoms with van der Waals surface area (Å²) in [5.74, 6) is -1.69. The number of amides is 2. The second-order valence-electron chi connectivity index (χ2n) is 10.8. The number of anilines is 1. The van der Waals surface area contributed by atoms with Crippen LogP contribution in [0.2, 0.25) is 0 Å². The molecule has 48 heavy (non-hydrogen) atoms. The average molecular weight is 677 g/mol. The van der Waals surface area contributed by atoms with E-state index in [0.29, 0.717) is 29.0 Å². The van der Waals surface area contributed by atoms with Crippen LogP contribution in [0.15, 0.2) is 82.4 Å². The highest BCUT2D eigenvalue weighted by Gasteiger charge is 2.25. The fourth-order valence-electron chi connectivity index (χ4n) is 5.08. The van der Waals surface area contributed by atoms with E-state index in [1.807, 2.05) is 50.2 Å². The lowest BCUT2D eigenvalue weighted by Gasteiger charge is -2.18. The van der Waals surface area contributed by atoms with Crippen molar-refractivity contribution in [1.82, 2.24) is 24.7 Å². The molecule has 0 aliphatic carbocycles. The number of fused-ring (bicyclic) bond motifs is 1. The molecule has 3 N–H and O–H groups in total. The number of nitrogens with zero attached hydrogens (tertiary/aromatic N) is 3. The Balaban J connectivity index is 0.000000968. The minimum absolute atomic E-state index is 0.114. The van der Waals surface area contributed by atoms with Crippen LogP contribution in [-0.4, -0.2) is 60.6 Å². The summed E-state index contributed by atoms with van der Waals surface area (Å²) in [5, 5.41) is 8.42. The third kappa shape index (κ3) is 8.04. The number of rotatable bonds is 12. The molecule has 5 aromatic rings. The van der Waals surface area contributed by atoms with Gasteiger partial charge in [-0.1, -0.05) is 36.4 Å². The van der Waals surface area contributed by atoms with Crippen molar-refractivity contribution in [3.8, 4) is 16.1 Å². The normalized spacial score (nSPS) is 10.8. The van der Waals surface area contributed by atoms with Crippen LogP contribution in [-0.2, 0) is 22.7 Å². The molecule has 10 nitrogen and oxygen atoms in total. The molecule has 0 aliphatic rings. The number of hydrogen-bond acceptors (Lipinski definition) is 7. The predicted molar refractivity (Wildman–Crippen MR) is 187 cm³/mol. The Kier molecular flexibility index (Phi) is 12.4. The highest BCUT2D eigenvalue weighted by Crippen LogP contribution is 2.38. The van der Waals surface area contributed by atoms with Crippen molar-refractivity contribution in [1.29, 1.82) is 0 Å². The fraction of sp³-hybridized carbons (Fsp3) is 0.257. The minimum atomic E-state index is -0.786. The van der Waals surface area contributed by atoms with Crippen LogP contribution in [0, 0.1) is 11.6 Å². The van der Waals surface area contributed by atoms with Crippen molar-refractivity contribution in [2.45, 2.75) is 26.4 Å². The van der Waals surface area contributed by atoms with Gasteiger partial charge >= 0.3 is 5.69 Å². The van der Waals surface area contributed by atoms with E-state index in [9.17, 15) is 28.0 Å². The van der Waals surface area contributed by atoms with Crippen LogP contribution in [0.1, 0.15) is 24.5 Å². The first-order chi connectivity index (χ1) is 23.1. The number of nitrogens with one attached hydrogen (secondary N) is 3. The maximum atomic E-state index is 14.9. The van der Waals surface area contributed by atoms with Gasteiger partial charge < -0.3 is 20.9 Å². The zero-order valence-corrected chi connectivity index (χ0v) is 28.0. The molecule has 0 fully saturated rings. The zero-order valence-electron chi connectivity index (χ0n) is 27.2. The van der Waals surface area contributed by atoms with Gasteiger partial charge in [-0.2, -0.15) is 0 Å². The van der Waals surface area contributed by atoms with Crippen LogP contribution in [0.4, 0.5) is 14.5 Å². The van der Waals surface area contributed by atoms with E-state index >= 15 is 0 Å². The van der Waals surface area contributed by atoms with Crippen LogP contribution < -0.4 is 27.2 Å². The van der Waals surface area contributed by atoms with Crippen LogP contribution in [0.25, 0.3) is 26.3 Å². The molecule has 0 atom stereocenters. The molecular formula is C35H38F2N6O4S. The topological polar surface area (TPSA) is 117 Å². The molecule has 0 aliphatic heterocycles. The van der Waals surface area contributed by atoms with E-state index in [1.165, 1.54) is 22.0 Å². The smallest absolute Gasteiger partial charge is 0.337 e. The number of halogens is 2. The van der Waals surface area contributed by atoms with Crippen molar-refractivity contribution in [2.75, 3.05) is 39.5 Å². The zero-order chi connectivity index (χ0) is 34.8. The van der Waals surface area contributed by atoms with Crippen molar-refractivity contribution in [3.05, 3.63) is 116 Å². The Morgan fingerprint density at radius 1 is 0.938 bits per heavy atom. The Hall–Kier alpha value is -5.14. The van der Waals surface area contributed by atoms with E-state index in [0.717, 1.165) is 39.4 Å². The van der Waals surface area contributed by atoms with Crippen LogP contribution >= 0.6 is 11.3 Å². The van der Waals surface area contributed by atoms with Gasteiger partial charge in [0.1, 0.15) is 16.5 Å². The van der Waals surface area contributed by atoms with Gasteiger partial charge in [-0.3, -0.25) is 19.0 Å². The van der Waals surface area contributed by atoms with Crippen molar-refractivity contribution in [3.63, 3.8) is 0 Å². The quantitative estimate of drug-likeness (QED) is 0.167. The van der Waals surface area contributed by atoms with Crippen molar-refractivity contribution >= 4 is 39.6 Å². The monoisotopic (exact) mass is 676 g/mol. The molecule has 0 saturated heterocycles. The number of carbonyl (C=O) groups is 2. The number of aromatic nitrogens is 2. The molecule has 0 spiro atoms. The van der Waals surface area contributed by atoms with Gasteiger partial charge in [-0.05, 0) is 61.5 Å². The summed E-state index contributed by atoms with van der Waals surface area (Å²) in [6, 6.07) is 19.7. The molecule has 252 valence electrons. The van der Waals surface area contributed by atoms with Gasteiger partial charge in [-0.15, -0.1) is 11.3 Å². The Morgan fingerprint density at radius 2 is 1.60 bits per heavy atom. The van der Waals surface area contributed by atoms with Crippen molar-refractivity contribution < 1.29 is 18.4 Å². The maximum absolute atomic E-state index is 14.9. The largest absolute Gasteiger partial charge is 0.388 e. The first kappa shape index (κ1) is 35.7. The van der Waals surface area contributed by atoms with Crippen molar-refractivity contribution in [2.24, 2.45) is 0 Å². The van der Waals surface area contributed by atoms with E-state index < -0.39 is 29.4 Å². The molecule has 0 radical (unpaired) electrons. The minimum Gasteiger partial charge on any atom is -0.388 e. The highest BCUT2D eigenvalue weighted by atomic mass is 32.1. The third-order valence-corrected chi connectivity index (χ3v) is 8.92. The van der Waals surface area contributed by atoms with Gasteiger partial charge in [0.05, 0.1) is 17.6 Å². The van der Waals surface area contributed by atoms with Gasteiger partial charge in [0.2, 0.25) is 12.3 Å². The Bertz CT molecular complexity index is 1970. The number of hydrogen-bond donors (Lipinski definition) is 3. The molecule has 2 heterocycles. The Labute approximate surface area is 280 Å². The maximum Gasteiger partial charge on any atom is 0.337 e. The van der Waals surface area contributed by atoms with Crippen LogP contribution in [0.3, 0.4) is 0 Å². The predicted octanol–water partition coefficient (Wildman–Crippen LogP) is 4.57. The molecule has 2 amide bonds. The molecule has 5 rings (SSSR count). The summed E-state index contributed by atoms with van der Waals surface area (Å²) in [6.45, 7) is 2.89. The fourth-order valence-corrected chi connectivity index (χ4v) is 6.38. The lowest BCUT2D eigenvalue weighted by Crippen LogP contribution is -2.39. The van der Waals surface area contributed by atoms with E-state index in [1.54, 1.807) is 37.4 Å². The average Bonchev–Trinajstić information content (AvgIpc) is 3.46. The van der Waals surface area contributed by atoms with Gasteiger partial charge in [0.25, 0.3) is 5.56 Å². The molecule has 0 unspecified atom stereocenters. The summed E-state index contributed by atoms with van der Waals surface area (Å²) >= 11 is 1.23. The third-order valence-electron chi connectivity index (χ3n) is 7.62. The Morgan fingerprint density at radius 3 is 2.17 bits per heavy atom. The molecule has 2 aromatic heterocycles. The van der Waals surface area contributed by atoms with Gasteiger partial charge in [-0.25, -0.2) is 18.1 Å². The number of benzene rings is 3. The SMILES string of the molecule is CCNC=O.CNC(=O)CCN(C)Cc1c(-c2ccc(NC)cc2)sc2c1c(=O)n(-c1ccccc1)c(=O)n2Cc1c(F)cccc1F. The molecule has 0 bridgehead atoms.